The maximum atomic E-state index is 12.3. The summed E-state index contributed by atoms with van der Waals surface area (Å²) >= 11 is 0. The van der Waals surface area contributed by atoms with E-state index in [0.717, 1.165) is 31.2 Å². The van der Waals surface area contributed by atoms with Crippen molar-refractivity contribution in [1.82, 2.24) is 25.0 Å². The van der Waals surface area contributed by atoms with Crippen molar-refractivity contribution in [2.24, 2.45) is 5.92 Å². The number of H-pyrrole nitrogens is 1. The predicted molar refractivity (Wildman–Crippen MR) is 71.9 cm³/mol. The Hall–Kier alpha value is -1.47. The van der Waals surface area contributed by atoms with Gasteiger partial charge in [0.05, 0.1) is 31.7 Å². The number of amides is 1. The molecule has 2 fully saturated rings. The molecule has 0 aromatic carbocycles. The monoisotopic (exact) mass is 279 g/mol. The third-order valence-corrected chi connectivity index (χ3v) is 4.09. The Bertz CT molecular complexity index is 489. The van der Waals surface area contributed by atoms with E-state index in [2.05, 4.69) is 20.1 Å². The number of aromatic nitrogens is 3. The minimum Gasteiger partial charge on any atom is -0.378 e. The zero-order valence-electron chi connectivity index (χ0n) is 12.0. The number of hydrogen-bond acceptors (Lipinski definition) is 5. The van der Waals surface area contributed by atoms with Crippen LogP contribution in [-0.2, 0) is 22.5 Å². The summed E-state index contributed by atoms with van der Waals surface area (Å²) in [6, 6.07) is 0.128. The van der Waals surface area contributed by atoms with E-state index in [1.807, 2.05) is 18.9 Å². The highest BCUT2D eigenvalue weighted by Gasteiger charge is 2.37. The molecular formula is C13H21N5O2. The third kappa shape index (κ3) is 2.55. The molecule has 0 radical (unpaired) electrons. The van der Waals surface area contributed by atoms with Crippen LogP contribution in [0.1, 0.15) is 18.6 Å². The molecule has 2 saturated heterocycles. The Kier molecular flexibility index (Phi) is 3.71. The lowest BCUT2D eigenvalue weighted by molar-refractivity contribution is -0.133. The van der Waals surface area contributed by atoms with Gasteiger partial charge in [-0.25, -0.2) is 4.98 Å². The zero-order valence-corrected chi connectivity index (χ0v) is 12.0. The number of carbonyl (C=O) groups excluding carboxylic acids is 1. The topological polar surface area (TPSA) is 74.4 Å². The first-order valence-corrected chi connectivity index (χ1v) is 7.14. The summed E-state index contributed by atoms with van der Waals surface area (Å²) < 4.78 is 5.60. The summed E-state index contributed by atoms with van der Waals surface area (Å²) in [5, 5.41) is 7.14. The Labute approximate surface area is 118 Å². The van der Waals surface area contributed by atoms with Gasteiger partial charge in [0.2, 0.25) is 5.91 Å². The van der Waals surface area contributed by atoms with Gasteiger partial charge in [-0.05, 0) is 0 Å². The third-order valence-electron chi connectivity index (χ3n) is 4.09. The number of rotatable bonds is 3. The van der Waals surface area contributed by atoms with Gasteiger partial charge in [-0.1, -0.05) is 6.92 Å². The molecule has 2 bridgehead atoms. The maximum absolute atomic E-state index is 12.3. The summed E-state index contributed by atoms with van der Waals surface area (Å²) in [5.74, 6) is 1.84. The molecule has 2 aliphatic heterocycles. The second kappa shape index (κ2) is 5.49. The first-order chi connectivity index (χ1) is 9.67. The summed E-state index contributed by atoms with van der Waals surface area (Å²) in [4.78, 5) is 20.8. The lowest BCUT2D eigenvalue weighted by atomic mass is 10.1. The molecule has 0 unspecified atom stereocenters. The van der Waals surface area contributed by atoms with Gasteiger partial charge in [-0.15, -0.1) is 0 Å². The normalized spacial score (nSPS) is 27.7. The number of carbonyl (C=O) groups is 1. The number of aryl methyl sites for hydroxylation is 1. The molecule has 3 heterocycles. The first-order valence-electron chi connectivity index (χ1n) is 7.14. The molecule has 7 nitrogen and oxygen atoms in total. The van der Waals surface area contributed by atoms with Crippen LogP contribution in [0.25, 0.3) is 0 Å². The Morgan fingerprint density at radius 3 is 3.00 bits per heavy atom. The number of nitrogens with zero attached hydrogens (tertiary/aromatic N) is 4. The molecule has 0 saturated carbocycles. The fourth-order valence-corrected chi connectivity index (χ4v) is 2.89. The van der Waals surface area contributed by atoms with Crippen LogP contribution in [0.5, 0.6) is 0 Å². The number of nitrogens with one attached hydrogen (secondary N) is 1. The molecule has 2 aliphatic rings. The molecule has 110 valence electrons. The molecule has 7 heteroatoms. The highest BCUT2D eigenvalue weighted by Crippen LogP contribution is 2.20. The lowest BCUT2D eigenvalue weighted by Crippen LogP contribution is -2.43. The summed E-state index contributed by atoms with van der Waals surface area (Å²) in [6.07, 6.45) is 0.830. The minimum absolute atomic E-state index is 0.0685. The molecule has 1 aromatic heterocycles. The molecule has 1 aromatic rings. The Morgan fingerprint density at radius 1 is 1.40 bits per heavy atom. The van der Waals surface area contributed by atoms with Gasteiger partial charge >= 0.3 is 0 Å². The van der Waals surface area contributed by atoms with Crippen molar-refractivity contribution < 1.29 is 9.53 Å². The van der Waals surface area contributed by atoms with E-state index in [1.54, 1.807) is 0 Å². The number of hydrogen-bond donors (Lipinski definition) is 1. The van der Waals surface area contributed by atoms with E-state index in [4.69, 9.17) is 4.74 Å². The standard InChI is InChI=1S/C13H21N5O2/c1-3-11-14-12(16-15-11)6-18-4-9-7-20-8-10(5-18)17(2)13(9)19/h9-10H,3-8H2,1-2H3,(H,14,15,16)/t9-,10+/m1/s1. The van der Waals surface area contributed by atoms with Crippen LogP contribution in [0, 0.1) is 5.92 Å². The number of likely N-dealkylation sites (N-methyl/N-ethyl adjacent to an activating group) is 1. The van der Waals surface area contributed by atoms with Crippen LogP contribution < -0.4 is 0 Å². The molecule has 0 aliphatic carbocycles. The molecule has 20 heavy (non-hydrogen) atoms. The smallest absolute Gasteiger partial charge is 0.229 e. The van der Waals surface area contributed by atoms with Gasteiger partial charge < -0.3 is 9.64 Å². The quantitative estimate of drug-likeness (QED) is 0.819. The van der Waals surface area contributed by atoms with E-state index in [0.29, 0.717) is 19.8 Å². The van der Waals surface area contributed by atoms with Gasteiger partial charge in [-0.2, -0.15) is 5.10 Å². The molecule has 1 amide bonds. The van der Waals surface area contributed by atoms with Crippen LogP contribution in [-0.4, -0.2) is 70.3 Å². The average molecular weight is 279 g/mol. The van der Waals surface area contributed by atoms with E-state index in [9.17, 15) is 4.79 Å². The number of ether oxygens (including phenoxy) is 1. The second-order valence-corrected chi connectivity index (χ2v) is 5.58. The van der Waals surface area contributed by atoms with Gasteiger partial charge in [0.1, 0.15) is 11.6 Å². The van der Waals surface area contributed by atoms with E-state index in [1.165, 1.54) is 0 Å². The predicted octanol–water partition coefficient (Wildman–Crippen LogP) is -0.344. The molecular weight excluding hydrogens is 258 g/mol. The van der Waals surface area contributed by atoms with Crippen molar-refractivity contribution in [3.8, 4) is 0 Å². The number of aromatic amines is 1. The molecule has 2 atom stereocenters. The highest BCUT2D eigenvalue weighted by atomic mass is 16.5. The van der Waals surface area contributed by atoms with Crippen molar-refractivity contribution in [1.29, 1.82) is 0 Å². The van der Waals surface area contributed by atoms with E-state index < -0.39 is 0 Å². The van der Waals surface area contributed by atoms with Crippen molar-refractivity contribution >= 4 is 5.91 Å². The van der Waals surface area contributed by atoms with Crippen LogP contribution in [0.3, 0.4) is 0 Å². The second-order valence-electron chi connectivity index (χ2n) is 5.58. The SMILES string of the molecule is CCc1n[nH]c(CN2C[C@@H]3COC[C@H](C2)N(C)C3=O)n1. The Balaban J connectivity index is 1.73. The fraction of sp³-hybridized carbons (Fsp3) is 0.769. The van der Waals surface area contributed by atoms with Gasteiger partial charge in [0.15, 0.2) is 0 Å². The van der Waals surface area contributed by atoms with Crippen molar-refractivity contribution in [2.75, 3.05) is 33.4 Å². The summed E-state index contributed by atoms with van der Waals surface area (Å²) in [5.41, 5.74) is 0. The fourth-order valence-electron chi connectivity index (χ4n) is 2.89. The highest BCUT2D eigenvalue weighted by molar-refractivity contribution is 5.79. The summed E-state index contributed by atoms with van der Waals surface area (Å²) in [6.45, 7) is 5.43. The zero-order chi connectivity index (χ0) is 14.1. The minimum atomic E-state index is -0.0685. The first kappa shape index (κ1) is 13.5. The van der Waals surface area contributed by atoms with Crippen molar-refractivity contribution in [2.45, 2.75) is 25.9 Å². The van der Waals surface area contributed by atoms with E-state index in [-0.39, 0.29) is 17.9 Å². The lowest BCUT2D eigenvalue weighted by Gasteiger charge is -2.28. The number of fused-ring (bicyclic) bond motifs is 3. The largest absolute Gasteiger partial charge is 0.378 e. The van der Waals surface area contributed by atoms with Crippen LogP contribution in [0.4, 0.5) is 0 Å². The maximum Gasteiger partial charge on any atom is 0.229 e. The molecule has 3 rings (SSSR count). The van der Waals surface area contributed by atoms with Gasteiger partial charge in [-0.3, -0.25) is 14.8 Å². The Morgan fingerprint density at radius 2 is 2.25 bits per heavy atom. The van der Waals surface area contributed by atoms with Crippen LogP contribution >= 0.6 is 0 Å². The summed E-state index contributed by atoms with van der Waals surface area (Å²) in [7, 11) is 1.88. The van der Waals surface area contributed by atoms with Crippen LogP contribution in [0.2, 0.25) is 0 Å². The van der Waals surface area contributed by atoms with Crippen molar-refractivity contribution in [3.05, 3.63) is 11.6 Å². The van der Waals surface area contributed by atoms with Gasteiger partial charge in [0.25, 0.3) is 0 Å². The average Bonchev–Trinajstić information content (AvgIpc) is 2.79. The van der Waals surface area contributed by atoms with E-state index >= 15 is 0 Å². The molecule has 1 N–H and O–H groups in total. The van der Waals surface area contributed by atoms with Gasteiger partial charge in [0, 0.05) is 26.6 Å². The van der Waals surface area contributed by atoms with Crippen molar-refractivity contribution in [3.63, 3.8) is 0 Å². The van der Waals surface area contributed by atoms with Crippen LogP contribution in [0.15, 0.2) is 0 Å². The molecule has 0 spiro atoms.